The molecule has 0 aliphatic carbocycles. The number of nitrogens with two attached hydrogens (primary N) is 1. The monoisotopic (exact) mass is 353 g/mol. The molecule has 0 bridgehead atoms. The normalized spacial score (nSPS) is 12.3. The van der Waals surface area contributed by atoms with E-state index in [9.17, 15) is 0 Å². The molecule has 2 N–H and O–H groups in total. The minimum Gasteiger partial charge on any atom is -0.457 e. The van der Waals surface area contributed by atoms with Crippen LogP contribution in [0.25, 0.3) is 0 Å². The molecule has 0 aliphatic rings. The summed E-state index contributed by atoms with van der Waals surface area (Å²) in [6, 6.07) is 9.67. The molecular formula is C16H17BrClNO. The third kappa shape index (κ3) is 3.35. The van der Waals surface area contributed by atoms with Gasteiger partial charge in [-0.25, -0.2) is 0 Å². The average molecular weight is 355 g/mol. The smallest absolute Gasteiger partial charge is 0.128 e. The fourth-order valence-electron chi connectivity index (χ4n) is 2.04. The topological polar surface area (TPSA) is 35.2 Å². The van der Waals surface area contributed by atoms with E-state index in [1.807, 2.05) is 51.1 Å². The van der Waals surface area contributed by atoms with Gasteiger partial charge >= 0.3 is 0 Å². The van der Waals surface area contributed by atoms with Crippen LogP contribution in [-0.4, -0.2) is 0 Å². The van der Waals surface area contributed by atoms with E-state index in [0.717, 1.165) is 37.7 Å². The fourth-order valence-corrected chi connectivity index (χ4v) is 2.87. The molecule has 0 aliphatic heterocycles. The first kappa shape index (κ1) is 15.4. The lowest BCUT2D eigenvalue weighted by atomic mass is 10.1. The van der Waals surface area contributed by atoms with Crippen molar-refractivity contribution in [2.24, 2.45) is 5.73 Å². The number of benzene rings is 2. The van der Waals surface area contributed by atoms with Gasteiger partial charge in [0, 0.05) is 15.5 Å². The highest BCUT2D eigenvalue weighted by Gasteiger charge is 2.08. The molecule has 2 aromatic carbocycles. The molecule has 0 heterocycles. The average Bonchev–Trinajstić information content (AvgIpc) is 2.35. The zero-order chi connectivity index (χ0) is 14.9. The molecule has 0 aromatic heterocycles. The van der Waals surface area contributed by atoms with E-state index in [2.05, 4.69) is 15.9 Å². The highest BCUT2D eigenvalue weighted by Crippen LogP contribution is 2.32. The van der Waals surface area contributed by atoms with Gasteiger partial charge in [-0.1, -0.05) is 33.6 Å². The molecule has 20 heavy (non-hydrogen) atoms. The fraction of sp³-hybridized carbons (Fsp3) is 0.250. The third-order valence-electron chi connectivity index (χ3n) is 3.11. The van der Waals surface area contributed by atoms with E-state index >= 15 is 0 Å². The summed E-state index contributed by atoms with van der Waals surface area (Å²) in [5, 5.41) is 0.783. The van der Waals surface area contributed by atoms with Crippen molar-refractivity contribution in [2.45, 2.75) is 26.8 Å². The van der Waals surface area contributed by atoms with Crippen molar-refractivity contribution in [1.82, 2.24) is 0 Å². The van der Waals surface area contributed by atoms with Gasteiger partial charge in [-0.05, 0) is 61.7 Å². The second-order valence-electron chi connectivity index (χ2n) is 4.95. The predicted molar refractivity (Wildman–Crippen MR) is 87.7 cm³/mol. The molecule has 4 heteroatoms. The van der Waals surface area contributed by atoms with Gasteiger partial charge in [0.1, 0.15) is 11.5 Å². The number of ether oxygens (including phenoxy) is 1. The maximum atomic E-state index is 6.16. The van der Waals surface area contributed by atoms with Gasteiger partial charge in [0.25, 0.3) is 0 Å². The molecule has 0 amide bonds. The zero-order valence-corrected chi connectivity index (χ0v) is 14.0. The summed E-state index contributed by atoms with van der Waals surface area (Å²) in [5.41, 5.74) is 8.96. The molecular weight excluding hydrogens is 338 g/mol. The Morgan fingerprint density at radius 3 is 2.20 bits per heavy atom. The number of aryl methyl sites for hydroxylation is 2. The summed E-state index contributed by atoms with van der Waals surface area (Å²) in [7, 11) is 0. The second-order valence-corrected chi connectivity index (χ2v) is 6.18. The van der Waals surface area contributed by atoms with Gasteiger partial charge in [0.15, 0.2) is 0 Å². The van der Waals surface area contributed by atoms with E-state index < -0.39 is 0 Å². The van der Waals surface area contributed by atoms with Crippen molar-refractivity contribution in [3.8, 4) is 11.5 Å². The summed E-state index contributed by atoms with van der Waals surface area (Å²) in [6.45, 7) is 5.89. The van der Waals surface area contributed by atoms with Crippen LogP contribution in [0.3, 0.4) is 0 Å². The molecule has 2 rings (SSSR count). The van der Waals surface area contributed by atoms with Crippen LogP contribution in [0.2, 0.25) is 5.02 Å². The first-order valence-electron chi connectivity index (χ1n) is 6.38. The predicted octanol–water partition coefficient (Wildman–Crippen LogP) is 5.53. The van der Waals surface area contributed by atoms with E-state index in [-0.39, 0.29) is 6.04 Å². The van der Waals surface area contributed by atoms with Crippen LogP contribution in [0, 0.1) is 13.8 Å². The standard InChI is InChI=1S/C16H17BrClNO/c1-9-6-13(7-10(2)16(9)18)20-12-4-5-14(11(3)19)15(17)8-12/h4-8,11H,19H2,1-3H3/t11-/m0/s1. The minimum atomic E-state index is -0.0153. The van der Waals surface area contributed by atoms with Gasteiger partial charge in [-0.3, -0.25) is 0 Å². The Hall–Kier alpha value is -1.03. The van der Waals surface area contributed by atoms with Crippen molar-refractivity contribution in [3.63, 3.8) is 0 Å². The molecule has 2 aromatic rings. The molecule has 0 spiro atoms. The largest absolute Gasteiger partial charge is 0.457 e. The van der Waals surface area contributed by atoms with Crippen molar-refractivity contribution >= 4 is 27.5 Å². The van der Waals surface area contributed by atoms with Crippen molar-refractivity contribution in [2.75, 3.05) is 0 Å². The number of rotatable bonds is 3. The summed E-state index contributed by atoms with van der Waals surface area (Å²) < 4.78 is 6.83. The molecule has 0 saturated heterocycles. The highest BCUT2D eigenvalue weighted by atomic mass is 79.9. The van der Waals surface area contributed by atoms with Gasteiger partial charge in [-0.2, -0.15) is 0 Å². The molecule has 2 nitrogen and oxygen atoms in total. The maximum Gasteiger partial charge on any atom is 0.128 e. The molecule has 1 atom stereocenters. The van der Waals surface area contributed by atoms with Crippen LogP contribution in [0.5, 0.6) is 11.5 Å². The van der Waals surface area contributed by atoms with Crippen LogP contribution in [0.1, 0.15) is 29.7 Å². The zero-order valence-electron chi connectivity index (χ0n) is 11.7. The van der Waals surface area contributed by atoms with E-state index in [0.29, 0.717) is 0 Å². The van der Waals surface area contributed by atoms with E-state index in [1.165, 1.54) is 0 Å². The summed E-state index contributed by atoms with van der Waals surface area (Å²) >= 11 is 9.68. The minimum absolute atomic E-state index is 0.0153. The molecule has 0 unspecified atom stereocenters. The Labute approximate surface area is 133 Å². The van der Waals surface area contributed by atoms with Gasteiger partial charge < -0.3 is 10.5 Å². The SMILES string of the molecule is Cc1cc(Oc2ccc([C@H](C)N)c(Br)c2)cc(C)c1Cl. The maximum absolute atomic E-state index is 6.16. The lowest BCUT2D eigenvalue weighted by molar-refractivity contribution is 0.481. The summed E-state index contributed by atoms with van der Waals surface area (Å²) in [6.07, 6.45) is 0. The van der Waals surface area contributed by atoms with Gasteiger partial charge in [0.05, 0.1) is 0 Å². The first-order chi connectivity index (χ1) is 9.38. The highest BCUT2D eigenvalue weighted by molar-refractivity contribution is 9.10. The Morgan fingerprint density at radius 1 is 1.10 bits per heavy atom. The molecule has 106 valence electrons. The summed E-state index contributed by atoms with van der Waals surface area (Å²) in [4.78, 5) is 0. The van der Waals surface area contributed by atoms with Crippen molar-refractivity contribution in [1.29, 1.82) is 0 Å². The van der Waals surface area contributed by atoms with Crippen LogP contribution in [-0.2, 0) is 0 Å². The van der Waals surface area contributed by atoms with Crippen LogP contribution >= 0.6 is 27.5 Å². The van der Waals surface area contributed by atoms with Crippen LogP contribution < -0.4 is 10.5 Å². The van der Waals surface area contributed by atoms with Crippen LogP contribution in [0.4, 0.5) is 0 Å². The number of halogens is 2. The van der Waals surface area contributed by atoms with Crippen molar-refractivity contribution in [3.05, 3.63) is 56.5 Å². The number of hydrogen-bond acceptors (Lipinski definition) is 2. The van der Waals surface area contributed by atoms with Crippen molar-refractivity contribution < 1.29 is 4.74 Å². The van der Waals surface area contributed by atoms with Crippen LogP contribution in [0.15, 0.2) is 34.8 Å². The second kappa shape index (κ2) is 6.17. The Morgan fingerprint density at radius 2 is 1.70 bits per heavy atom. The Bertz CT molecular complexity index is 617. The Balaban J connectivity index is 2.29. The van der Waals surface area contributed by atoms with Gasteiger partial charge in [0.2, 0.25) is 0 Å². The Kier molecular flexibility index (Phi) is 4.74. The lowest BCUT2D eigenvalue weighted by Crippen LogP contribution is -2.05. The quantitative estimate of drug-likeness (QED) is 0.786. The molecule has 0 fully saturated rings. The molecule has 0 radical (unpaired) electrons. The summed E-state index contributed by atoms with van der Waals surface area (Å²) in [5.74, 6) is 1.55. The molecule has 0 saturated carbocycles. The first-order valence-corrected chi connectivity index (χ1v) is 7.55. The van der Waals surface area contributed by atoms with E-state index in [4.69, 9.17) is 22.1 Å². The third-order valence-corrected chi connectivity index (χ3v) is 4.39. The lowest BCUT2D eigenvalue weighted by Gasteiger charge is -2.12. The number of hydrogen-bond donors (Lipinski definition) is 1. The van der Waals surface area contributed by atoms with E-state index in [1.54, 1.807) is 0 Å². The van der Waals surface area contributed by atoms with Gasteiger partial charge in [-0.15, -0.1) is 0 Å².